The minimum atomic E-state index is 0.300. The van der Waals surface area contributed by atoms with Crippen LogP contribution in [0.25, 0.3) is 10.9 Å². The molecule has 0 aliphatic heterocycles. The van der Waals surface area contributed by atoms with E-state index in [2.05, 4.69) is 9.97 Å². The van der Waals surface area contributed by atoms with Gasteiger partial charge in [0.1, 0.15) is 12.4 Å². The van der Waals surface area contributed by atoms with Gasteiger partial charge in [-0.1, -0.05) is 6.42 Å². The molecule has 0 atom stereocenters. The van der Waals surface area contributed by atoms with Crippen molar-refractivity contribution in [2.75, 3.05) is 5.73 Å². The summed E-state index contributed by atoms with van der Waals surface area (Å²) in [5.41, 5.74) is 7.31. The highest BCUT2D eigenvalue weighted by Gasteiger charge is 2.16. The van der Waals surface area contributed by atoms with E-state index in [1.54, 1.807) is 6.33 Å². The highest BCUT2D eigenvalue weighted by molar-refractivity contribution is 5.85. The number of benzene rings is 1. The van der Waals surface area contributed by atoms with Crippen molar-refractivity contribution in [3.05, 3.63) is 24.5 Å². The number of aromatic nitrogens is 2. The molecule has 3 rings (SSSR count). The number of rotatable bonds is 2. The van der Waals surface area contributed by atoms with Crippen LogP contribution in [-0.2, 0) is 0 Å². The molecule has 1 saturated carbocycles. The van der Waals surface area contributed by atoms with E-state index in [-0.39, 0.29) is 0 Å². The summed E-state index contributed by atoms with van der Waals surface area (Å²) in [4.78, 5) is 8.48. The van der Waals surface area contributed by atoms with E-state index in [0.29, 0.717) is 17.7 Å². The Kier molecular flexibility index (Phi) is 3.00. The lowest BCUT2D eigenvalue weighted by molar-refractivity contribution is 0.151. The minimum Gasteiger partial charge on any atom is -0.474 e. The van der Waals surface area contributed by atoms with Crippen molar-refractivity contribution in [3.8, 4) is 5.88 Å². The predicted octanol–water partition coefficient (Wildman–Crippen LogP) is 2.92. The SMILES string of the molecule is Nc1ccc2c(OC3CCCCC3)ncnc2c1. The monoisotopic (exact) mass is 243 g/mol. The van der Waals surface area contributed by atoms with Crippen molar-refractivity contribution in [1.29, 1.82) is 0 Å². The van der Waals surface area contributed by atoms with Crippen LogP contribution in [0, 0.1) is 0 Å². The summed E-state index contributed by atoms with van der Waals surface area (Å²) in [6.07, 6.45) is 7.91. The summed E-state index contributed by atoms with van der Waals surface area (Å²) >= 11 is 0. The lowest BCUT2D eigenvalue weighted by Crippen LogP contribution is -2.20. The first kappa shape index (κ1) is 11.3. The highest BCUT2D eigenvalue weighted by atomic mass is 16.5. The van der Waals surface area contributed by atoms with Gasteiger partial charge in [0.2, 0.25) is 5.88 Å². The average molecular weight is 243 g/mol. The number of nitrogens with zero attached hydrogens (tertiary/aromatic N) is 2. The fraction of sp³-hybridized carbons (Fsp3) is 0.429. The lowest BCUT2D eigenvalue weighted by atomic mass is 9.98. The van der Waals surface area contributed by atoms with Gasteiger partial charge in [-0.25, -0.2) is 9.97 Å². The molecule has 0 unspecified atom stereocenters. The maximum atomic E-state index is 6.02. The Morgan fingerprint density at radius 2 is 1.94 bits per heavy atom. The molecule has 1 aliphatic carbocycles. The number of nitrogens with two attached hydrogens (primary N) is 1. The second-order valence-electron chi connectivity index (χ2n) is 4.83. The third-order valence-corrected chi connectivity index (χ3v) is 3.45. The van der Waals surface area contributed by atoms with Crippen molar-refractivity contribution in [2.45, 2.75) is 38.2 Å². The Hall–Kier alpha value is -1.84. The molecule has 1 aromatic heterocycles. The summed E-state index contributed by atoms with van der Waals surface area (Å²) in [6, 6.07) is 5.65. The van der Waals surface area contributed by atoms with Crippen molar-refractivity contribution in [3.63, 3.8) is 0 Å². The van der Waals surface area contributed by atoms with Gasteiger partial charge in [0.05, 0.1) is 10.9 Å². The van der Waals surface area contributed by atoms with Gasteiger partial charge >= 0.3 is 0 Å². The van der Waals surface area contributed by atoms with E-state index in [4.69, 9.17) is 10.5 Å². The number of anilines is 1. The maximum absolute atomic E-state index is 6.02. The molecule has 1 aromatic carbocycles. The number of hydrogen-bond donors (Lipinski definition) is 1. The second kappa shape index (κ2) is 4.80. The molecule has 0 radical (unpaired) electrons. The Bertz CT molecular complexity index is 550. The van der Waals surface area contributed by atoms with Crippen molar-refractivity contribution < 1.29 is 4.74 Å². The van der Waals surface area contributed by atoms with E-state index in [0.717, 1.165) is 23.7 Å². The van der Waals surface area contributed by atoms with Crippen molar-refractivity contribution in [2.24, 2.45) is 0 Å². The van der Waals surface area contributed by atoms with Gasteiger partial charge in [-0.3, -0.25) is 0 Å². The normalized spacial score (nSPS) is 16.9. The van der Waals surface area contributed by atoms with E-state index in [9.17, 15) is 0 Å². The molecule has 2 N–H and O–H groups in total. The zero-order valence-electron chi connectivity index (χ0n) is 10.3. The molecule has 4 heteroatoms. The van der Waals surface area contributed by atoms with Crippen molar-refractivity contribution in [1.82, 2.24) is 9.97 Å². The fourth-order valence-corrected chi connectivity index (χ4v) is 2.48. The molecular weight excluding hydrogens is 226 g/mol. The molecule has 94 valence electrons. The fourth-order valence-electron chi connectivity index (χ4n) is 2.48. The van der Waals surface area contributed by atoms with Crippen LogP contribution in [0.15, 0.2) is 24.5 Å². The Balaban J connectivity index is 1.91. The zero-order valence-corrected chi connectivity index (χ0v) is 10.3. The maximum Gasteiger partial charge on any atom is 0.224 e. The first-order chi connectivity index (χ1) is 8.83. The molecule has 1 heterocycles. The van der Waals surface area contributed by atoms with Crippen LogP contribution in [0.3, 0.4) is 0 Å². The summed E-state index contributed by atoms with van der Waals surface area (Å²) in [5.74, 6) is 0.687. The van der Waals surface area contributed by atoms with Gasteiger partial charge in [0, 0.05) is 5.69 Å². The molecular formula is C14H17N3O. The molecule has 4 nitrogen and oxygen atoms in total. The van der Waals surface area contributed by atoms with Crippen LogP contribution >= 0.6 is 0 Å². The number of fused-ring (bicyclic) bond motifs is 1. The minimum absolute atomic E-state index is 0.300. The van der Waals surface area contributed by atoms with Crippen LogP contribution in [0.2, 0.25) is 0 Å². The zero-order chi connectivity index (χ0) is 12.4. The molecule has 0 bridgehead atoms. The first-order valence-electron chi connectivity index (χ1n) is 6.50. The van der Waals surface area contributed by atoms with Crippen LogP contribution in [0.4, 0.5) is 5.69 Å². The summed E-state index contributed by atoms with van der Waals surface area (Å²) in [6.45, 7) is 0. The van der Waals surface area contributed by atoms with E-state index < -0.39 is 0 Å². The van der Waals surface area contributed by atoms with Gasteiger partial charge < -0.3 is 10.5 Å². The van der Waals surface area contributed by atoms with E-state index in [1.165, 1.54) is 19.3 Å². The highest BCUT2D eigenvalue weighted by Crippen LogP contribution is 2.27. The molecule has 1 aliphatic rings. The van der Waals surface area contributed by atoms with Crippen LogP contribution in [-0.4, -0.2) is 16.1 Å². The van der Waals surface area contributed by atoms with E-state index in [1.807, 2.05) is 18.2 Å². The number of ether oxygens (including phenoxy) is 1. The van der Waals surface area contributed by atoms with Gasteiger partial charge in [0.15, 0.2) is 0 Å². The summed E-state index contributed by atoms with van der Waals surface area (Å²) in [5, 5.41) is 0.942. The average Bonchev–Trinajstić information content (AvgIpc) is 2.40. The van der Waals surface area contributed by atoms with Gasteiger partial charge in [-0.15, -0.1) is 0 Å². The van der Waals surface area contributed by atoms with Crippen LogP contribution in [0.1, 0.15) is 32.1 Å². The third kappa shape index (κ3) is 2.23. The Morgan fingerprint density at radius 1 is 1.11 bits per heavy atom. The van der Waals surface area contributed by atoms with Crippen LogP contribution < -0.4 is 10.5 Å². The quantitative estimate of drug-likeness (QED) is 0.824. The van der Waals surface area contributed by atoms with Crippen molar-refractivity contribution >= 4 is 16.6 Å². The smallest absolute Gasteiger partial charge is 0.224 e. The third-order valence-electron chi connectivity index (χ3n) is 3.45. The lowest BCUT2D eigenvalue weighted by Gasteiger charge is -2.22. The van der Waals surface area contributed by atoms with Gasteiger partial charge in [-0.05, 0) is 43.9 Å². The number of nitrogen functional groups attached to an aromatic ring is 1. The first-order valence-corrected chi connectivity index (χ1v) is 6.50. The topological polar surface area (TPSA) is 61.0 Å². The molecule has 0 amide bonds. The van der Waals surface area contributed by atoms with Crippen LogP contribution in [0.5, 0.6) is 5.88 Å². The molecule has 0 spiro atoms. The second-order valence-corrected chi connectivity index (χ2v) is 4.83. The Labute approximate surface area is 106 Å². The summed E-state index contributed by atoms with van der Waals surface area (Å²) < 4.78 is 6.02. The molecule has 1 fully saturated rings. The summed E-state index contributed by atoms with van der Waals surface area (Å²) in [7, 11) is 0. The standard InChI is InChI=1S/C14H17N3O/c15-10-6-7-12-13(8-10)16-9-17-14(12)18-11-4-2-1-3-5-11/h6-9,11H,1-5,15H2. The largest absolute Gasteiger partial charge is 0.474 e. The molecule has 0 saturated heterocycles. The van der Waals surface area contributed by atoms with Gasteiger partial charge in [-0.2, -0.15) is 0 Å². The van der Waals surface area contributed by atoms with Gasteiger partial charge in [0.25, 0.3) is 0 Å². The Morgan fingerprint density at radius 3 is 2.78 bits per heavy atom. The predicted molar refractivity (Wildman–Crippen MR) is 71.5 cm³/mol. The van der Waals surface area contributed by atoms with E-state index >= 15 is 0 Å². The molecule has 2 aromatic rings. The molecule has 18 heavy (non-hydrogen) atoms. The number of hydrogen-bond acceptors (Lipinski definition) is 4.